The first-order valence-electron chi connectivity index (χ1n) is 7.67. The van der Waals surface area contributed by atoms with Crippen LogP contribution in [0.1, 0.15) is 33.1 Å². The number of hydrogen-bond acceptors (Lipinski definition) is 1. The highest BCUT2D eigenvalue weighted by Gasteiger charge is 2.44. The average molecular weight is 276 g/mol. The van der Waals surface area contributed by atoms with Crippen LogP contribution in [-0.4, -0.2) is 20.3 Å². The molecule has 2 atom stereocenters. The third-order valence-electron chi connectivity index (χ3n) is 4.75. The molecular formula is C17H28OSi. The molecule has 2 heteroatoms. The monoisotopic (exact) mass is 276 g/mol. The lowest BCUT2D eigenvalue weighted by Gasteiger charge is -2.37. The molecule has 0 amide bonds. The molecule has 0 radical (unpaired) electrons. The van der Waals surface area contributed by atoms with Gasteiger partial charge in [0.05, 0.1) is 13.7 Å². The van der Waals surface area contributed by atoms with E-state index in [0.29, 0.717) is 0 Å². The molecule has 0 unspecified atom stereocenters. The first-order valence-corrected chi connectivity index (χ1v) is 10.9. The summed E-state index contributed by atoms with van der Waals surface area (Å²) in [7, 11) is -1.41. The van der Waals surface area contributed by atoms with Crippen LogP contribution in [0.2, 0.25) is 19.1 Å². The van der Waals surface area contributed by atoms with Gasteiger partial charge in [0, 0.05) is 6.61 Å². The highest BCUT2D eigenvalue weighted by molar-refractivity contribution is 6.90. The second-order valence-electron chi connectivity index (χ2n) is 6.86. The first-order chi connectivity index (χ1) is 8.98. The van der Waals surface area contributed by atoms with Crippen LogP contribution in [0.15, 0.2) is 30.3 Å². The number of rotatable bonds is 5. The molecule has 106 valence electrons. The van der Waals surface area contributed by atoms with E-state index in [1.54, 1.807) is 5.19 Å². The van der Waals surface area contributed by atoms with Crippen LogP contribution < -0.4 is 5.19 Å². The Hall–Kier alpha value is -0.603. The number of benzene rings is 1. The van der Waals surface area contributed by atoms with E-state index in [-0.39, 0.29) is 5.60 Å². The maximum Gasteiger partial charge on any atom is 0.0834 e. The number of ether oxygens (including phenoxy) is 1. The van der Waals surface area contributed by atoms with Crippen molar-refractivity contribution >= 4 is 13.3 Å². The minimum absolute atomic E-state index is 0.113. The summed E-state index contributed by atoms with van der Waals surface area (Å²) in [6, 6.07) is 12.3. The summed E-state index contributed by atoms with van der Waals surface area (Å²) < 4.78 is 6.20. The molecule has 19 heavy (non-hydrogen) atoms. The van der Waals surface area contributed by atoms with E-state index in [1.807, 2.05) is 0 Å². The third kappa shape index (κ3) is 3.29. The Morgan fingerprint density at radius 2 is 1.95 bits per heavy atom. The summed E-state index contributed by atoms with van der Waals surface area (Å²) in [5.74, 6) is 0.757. The molecule has 1 fully saturated rings. The normalized spacial score (nSPS) is 27.7. The minimum Gasteiger partial charge on any atom is -0.375 e. The Labute approximate surface area is 119 Å². The Morgan fingerprint density at radius 1 is 1.26 bits per heavy atom. The smallest absolute Gasteiger partial charge is 0.0834 e. The van der Waals surface area contributed by atoms with Crippen molar-refractivity contribution in [3.05, 3.63) is 30.3 Å². The van der Waals surface area contributed by atoms with E-state index in [4.69, 9.17) is 4.74 Å². The van der Waals surface area contributed by atoms with Crippen LogP contribution in [0.5, 0.6) is 0 Å². The maximum absolute atomic E-state index is 6.20. The zero-order valence-corrected chi connectivity index (χ0v) is 13.9. The average Bonchev–Trinajstić information content (AvgIpc) is 2.71. The molecule has 1 saturated heterocycles. The zero-order chi connectivity index (χ0) is 13.9. The van der Waals surface area contributed by atoms with E-state index in [1.165, 1.54) is 25.3 Å². The molecule has 1 aromatic rings. The van der Waals surface area contributed by atoms with Crippen molar-refractivity contribution in [1.82, 2.24) is 0 Å². The van der Waals surface area contributed by atoms with Crippen molar-refractivity contribution in [1.29, 1.82) is 0 Å². The highest BCUT2D eigenvalue weighted by Crippen LogP contribution is 2.40. The van der Waals surface area contributed by atoms with Gasteiger partial charge in [-0.2, -0.15) is 0 Å². The van der Waals surface area contributed by atoms with Crippen molar-refractivity contribution in [2.75, 3.05) is 6.61 Å². The lowest BCUT2D eigenvalue weighted by Crippen LogP contribution is -2.49. The van der Waals surface area contributed by atoms with Gasteiger partial charge in [-0.25, -0.2) is 0 Å². The Bertz CT molecular complexity index is 401. The molecule has 1 aliphatic rings. The van der Waals surface area contributed by atoms with Crippen LogP contribution in [-0.2, 0) is 4.74 Å². The highest BCUT2D eigenvalue weighted by atomic mass is 28.3. The van der Waals surface area contributed by atoms with Crippen molar-refractivity contribution < 1.29 is 4.74 Å². The van der Waals surface area contributed by atoms with Gasteiger partial charge >= 0.3 is 0 Å². The van der Waals surface area contributed by atoms with Gasteiger partial charge in [0.25, 0.3) is 0 Å². The van der Waals surface area contributed by atoms with Gasteiger partial charge in [-0.3, -0.25) is 0 Å². The van der Waals surface area contributed by atoms with Crippen LogP contribution in [0.4, 0.5) is 0 Å². The SMILES string of the molecule is CCC[C@@H]1CCO[C@]1(C)C[Si](C)(C)c1ccccc1. The van der Waals surface area contributed by atoms with E-state index in [0.717, 1.165) is 12.5 Å². The fourth-order valence-electron chi connectivity index (χ4n) is 3.72. The Kier molecular flexibility index (Phi) is 4.52. The third-order valence-corrected chi connectivity index (χ3v) is 8.23. The molecule has 2 rings (SSSR count). The van der Waals surface area contributed by atoms with Gasteiger partial charge in [-0.15, -0.1) is 0 Å². The van der Waals surface area contributed by atoms with Crippen LogP contribution in [0.3, 0.4) is 0 Å². The fourth-order valence-corrected chi connectivity index (χ4v) is 7.16. The van der Waals surface area contributed by atoms with Crippen molar-refractivity contribution in [2.45, 2.75) is 57.8 Å². The van der Waals surface area contributed by atoms with Crippen LogP contribution in [0.25, 0.3) is 0 Å². The fraction of sp³-hybridized carbons (Fsp3) is 0.647. The van der Waals surface area contributed by atoms with Gasteiger partial charge < -0.3 is 4.74 Å². The molecule has 1 aliphatic heterocycles. The summed E-state index contributed by atoms with van der Waals surface area (Å²) in [6.45, 7) is 10.6. The predicted octanol–water partition coefficient (Wildman–Crippen LogP) is 4.20. The molecule has 0 saturated carbocycles. The quantitative estimate of drug-likeness (QED) is 0.733. The zero-order valence-electron chi connectivity index (χ0n) is 12.9. The molecule has 1 nitrogen and oxygen atoms in total. The lowest BCUT2D eigenvalue weighted by molar-refractivity contribution is 0.00822. The summed E-state index contributed by atoms with van der Waals surface area (Å²) in [5.41, 5.74) is 0.113. The second-order valence-corrected chi connectivity index (χ2v) is 11.6. The van der Waals surface area contributed by atoms with Crippen molar-refractivity contribution in [2.24, 2.45) is 5.92 Å². The summed E-state index contributed by atoms with van der Waals surface area (Å²) in [5, 5.41) is 1.56. The summed E-state index contributed by atoms with van der Waals surface area (Å²) in [4.78, 5) is 0. The lowest BCUT2D eigenvalue weighted by atomic mass is 9.87. The molecule has 0 N–H and O–H groups in total. The largest absolute Gasteiger partial charge is 0.375 e. The van der Waals surface area contributed by atoms with Crippen molar-refractivity contribution in [3.63, 3.8) is 0 Å². The van der Waals surface area contributed by atoms with Gasteiger partial charge in [0.15, 0.2) is 0 Å². The van der Waals surface area contributed by atoms with E-state index in [9.17, 15) is 0 Å². The van der Waals surface area contributed by atoms with E-state index >= 15 is 0 Å². The molecule has 0 spiro atoms. The molecule has 0 aliphatic carbocycles. The van der Waals surface area contributed by atoms with Gasteiger partial charge in [-0.1, -0.05) is 62.0 Å². The van der Waals surface area contributed by atoms with Gasteiger partial charge in [0.1, 0.15) is 0 Å². The molecule has 0 bridgehead atoms. The van der Waals surface area contributed by atoms with Crippen LogP contribution in [0, 0.1) is 5.92 Å². The summed E-state index contributed by atoms with van der Waals surface area (Å²) in [6.07, 6.45) is 3.84. The minimum atomic E-state index is -1.41. The molecule has 1 aromatic carbocycles. The second kappa shape index (κ2) is 5.80. The molecular weight excluding hydrogens is 248 g/mol. The van der Waals surface area contributed by atoms with Crippen molar-refractivity contribution in [3.8, 4) is 0 Å². The van der Waals surface area contributed by atoms with E-state index < -0.39 is 8.07 Å². The summed E-state index contributed by atoms with van der Waals surface area (Å²) >= 11 is 0. The van der Waals surface area contributed by atoms with Gasteiger partial charge in [0.2, 0.25) is 0 Å². The molecule has 0 aromatic heterocycles. The van der Waals surface area contributed by atoms with Crippen LogP contribution >= 0.6 is 0 Å². The Balaban J connectivity index is 2.15. The molecule has 1 heterocycles. The maximum atomic E-state index is 6.20. The Morgan fingerprint density at radius 3 is 2.58 bits per heavy atom. The standard InChI is InChI=1S/C17H28OSi/c1-5-9-15-12-13-18-17(15,2)14-19(3,4)16-10-7-6-8-11-16/h6-8,10-11,15H,5,9,12-14H2,1-4H3/t15-,17-/m1/s1. The topological polar surface area (TPSA) is 9.23 Å². The predicted molar refractivity (Wildman–Crippen MR) is 85.7 cm³/mol. The van der Waals surface area contributed by atoms with E-state index in [2.05, 4.69) is 57.3 Å². The first kappa shape index (κ1) is 14.8. The number of hydrogen-bond donors (Lipinski definition) is 0. The van der Waals surface area contributed by atoms with Gasteiger partial charge in [-0.05, 0) is 31.7 Å².